The Labute approximate surface area is 161 Å². The van der Waals surface area contributed by atoms with Crippen molar-refractivity contribution in [3.8, 4) is 11.1 Å². The average Bonchev–Trinajstić information content (AvgIpc) is 3.03. The number of para-hydroxylation sites is 2. The van der Waals surface area contributed by atoms with Crippen LogP contribution in [0.5, 0.6) is 0 Å². The predicted octanol–water partition coefficient (Wildman–Crippen LogP) is 7.31. The van der Waals surface area contributed by atoms with Gasteiger partial charge in [0.2, 0.25) is 0 Å². The zero-order chi connectivity index (χ0) is 17.8. The van der Waals surface area contributed by atoms with Gasteiger partial charge in [0.25, 0.3) is 0 Å². The lowest BCUT2D eigenvalue weighted by molar-refractivity contribution is 1.46. The highest BCUT2D eigenvalue weighted by molar-refractivity contribution is 9.08. The first kappa shape index (κ1) is 16.6. The summed E-state index contributed by atoms with van der Waals surface area (Å²) >= 11 is 3.57. The summed E-state index contributed by atoms with van der Waals surface area (Å²) in [4.78, 5) is 0. The molecule has 0 aliphatic rings. The van der Waals surface area contributed by atoms with Crippen LogP contribution in [0.2, 0.25) is 0 Å². The van der Waals surface area contributed by atoms with Crippen molar-refractivity contribution in [2.24, 2.45) is 0 Å². The van der Waals surface area contributed by atoms with Gasteiger partial charge in [-0.25, -0.2) is 0 Å². The molecule has 5 aromatic rings. The standard InChI is InChI=1S/C12H8BrN.C12H10/c13-14-11-7-3-1-5-9(11)10-6-2-4-8-12(10)14;1-3-7-11(8-4-1)12-9-5-2-6-10-12/h1-8H;1-10H. The van der Waals surface area contributed by atoms with E-state index >= 15 is 0 Å². The van der Waals surface area contributed by atoms with Crippen LogP contribution in [0.1, 0.15) is 0 Å². The number of nitrogens with zero attached hydrogens (tertiary/aromatic N) is 1. The fourth-order valence-corrected chi connectivity index (χ4v) is 3.75. The molecule has 0 fully saturated rings. The number of hydrogen-bond acceptors (Lipinski definition) is 0. The monoisotopic (exact) mass is 399 g/mol. The smallest absolute Gasteiger partial charge is 0.0604 e. The topological polar surface area (TPSA) is 4.93 Å². The third-order valence-corrected chi connectivity index (χ3v) is 5.17. The van der Waals surface area contributed by atoms with Gasteiger partial charge in [-0.15, -0.1) is 0 Å². The van der Waals surface area contributed by atoms with Gasteiger partial charge >= 0.3 is 0 Å². The van der Waals surface area contributed by atoms with Gasteiger partial charge in [0.15, 0.2) is 0 Å². The summed E-state index contributed by atoms with van der Waals surface area (Å²) in [6.45, 7) is 0. The lowest BCUT2D eigenvalue weighted by atomic mass is 10.1. The summed E-state index contributed by atoms with van der Waals surface area (Å²) in [5.74, 6) is 0. The maximum absolute atomic E-state index is 3.57. The van der Waals surface area contributed by atoms with Crippen LogP contribution in [0.25, 0.3) is 32.9 Å². The lowest BCUT2D eigenvalue weighted by Crippen LogP contribution is -1.75. The van der Waals surface area contributed by atoms with Crippen LogP contribution in [-0.4, -0.2) is 3.59 Å². The molecular weight excluding hydrogens is 382 g/mol. The van der Waals surface area contributed by atoms with E-state index in [1.807, 2.05) is 12.1 Å². The molecule has 0 saturated heterocycles. The Morgan fingerprint density at radius 1 is 0.423 bits per heavy atom. The quantitative estimate of drug-likeness (QED) is 0.278. The lowest BCUT2D eigenvalue weighted by Gasteiger charge is -1.98. The molecule has 0 amide bonds. The number of fused-ring (bicyclic) bond motifs is 3. The van der Waals surface area contributed by atoms with Gasteiger partial charge in [0.1, 0.15) is 0 Å². The zero-order valence-electron chi connectivity index (χ0n) is 14.2. The van der Waals surface area contributed by atoms with Crippen LogP contribution in [0.4, 0.5) is 0 Å². The Bertz CT molecular complexity index is 1040. The Hall–Kier alpha value is -2.84. The normalized spacial score (nSPS) is 10.5. The molecule has 0 radical (unpaired) electrons. The van der Waals surface area contributed by atoms with Crippen molar-refractivity contribution in [3.63, 3.8) is 0 Å². The average molecular weight is 400 g/mol. The molecule has 1 aromatic heterocycles. The van der Waals surface area contributed by atoms with Crippen LogP contribution in [-0.2, 0) is 0 Å². The van der Waals surface area contributed by atoms with Crippen LogP contribution < -0.4 is 0 Å². The summed E-state index contributed by atoms with van der Waals surface area (Å²) in [6.07, 6.45) is 0. The van der Waals surface area contributed by atoms with E-state index in [0.717, 1.165) is 0 Å². The van der Waals surface area contributed by atoms with Crippen molar-refractivity contribution < 1.29 is 0 Å². The molecule has 0 bridgehead atoms. The van der Waals surface area contributed by atoms with Crippen molar-refractivity contribution in [2.45, 2.75) is 0 Å². The summed E-state index contributed by atoms with van der Waals surface area (Å²) in [7, 11) is 0. The largest absolute Gasteiger partial charge is 0.276 e. The molecule has 1 nitrogen and oxygen atoms in total. The first-order chi connectivity index (χ1) is 12.8. The highest BCUT2D eigenvalue weighted by Gasteiger charge is 2.06. The third-order valence-electron chi connectivity index (χ3n) is 4.40. The number of hydrogen-bond donors (Lipinski definition) is 0. The Kier molecular flexibility index (Phi) is 4.85. The van der Waals surface area contributed by atoms with E-state index in [2.05, 4.69) is 117 Å². The van der Waals surface area contributed by atoms with Gasteiger partial charge < -0.3 is 0 Å². The summed E-state index contributed by atoms with van der Waals surface area (Å²) in [6, 6.07) is 37.6. The van der Waals surface area contributed by atoms with Crippen LogP contribution >= 0.6 is 16.1 Å². The second kappa shape index (κ2) is 7.59. The molecule has 126 valence electrons. The summed E-state index contributed by atoms with van der Waals surface area (Å²) in [5.41, 5.74) is 4.98. The van der Waals surface area contributed by atoms with Crippen LogP contribution in [0.3, 0.4) is 0 Å². The van der Waals surface area contributed by atoms with E-state index in [9.17, 15) is 0 Å². The first-order valence-corrected chi connectivity index (χ1v) is 9.30. The second-order valence-electron chi connectivity index (χ2n) is 6.05. The molecule has 4 aromatic carbocycles. The fraction of sp³-hybridized carbons (Fsp3) is 0. The van der Waals surface area contributed by atoms with E-state index in [1.54, 1.807) is 0 Å². The molecule has 0 N–H and O–H groups in total. The number of halogens is 1. The fourth-order valence-electron chi connectivity index (χ4n) is 3.14. The summed E-state index contributed by atoms with van der Waals surface area (Å²) < 4.78 is 2.05. The van der Waals surface area contributed by atoms with Crippen molar-refractivity contribution in [1.82, 2.24) is 3.59 Å². The van der Waals surface area contributed by atoms with Gasteiger partial charge in [-0.05, 0) is 23.3 Å². The Morgan fingerprint density at radius 3 is 1.19 bits per heavy atom. The van der Waals surface area contributed by atoms with Crippen molar-refractivity contribution >= 4 is 38.0 Å². The zero-order valence-corrected chi connectivity index (χ0v) is 15.8. The van der Waals surface area contributed by atoms with Crippen molar-refractivity contribution in [3.05, 3.63) is 109 Å². The minimum atomic E-state index is 1.22. The predicted molar refractivity (Wildman–Crippen MR) is 116 cm³/mol. The molecule has 26 heavy (non-hydrogen) atoms. The SMILES string of the molecule is Brn1c2ccccc2c2ccccc21.c1ccc(-c2ccccc2)cc1. The summed E-state index contributed by atoms with van der Waals surface area (Å²) in [5, 5.41) is 2.58. The highest BCUT2D eigenvalue weighted by Crippen LogP contribution is 2.29. The van der Waals surface area contributed by atoms with E-state index in [0.29, 0.717) is 0 Å². The maximum Gasteiger partial charge on any atom is 0.0604 e. The molecule has 0 spiro atoms. The van der Waals surface area contributed by atoms with Gasteiger partial charge in [-0.2, -0.15) is 0 Å². The van der Waals surface area contributed by atoms with Crippen LogP contribution in [0, 0.1) is 0 Å². The Balaban J connectivity index is 0.000000131. The van der Waals surface area contributed by atoms with Gasteiger partial charge in [0.05, 0.1) is 27.2 Å². The molecule has 5 rings (SSSR count). The number of benzene rings is 4. The van der Waals surface area contributed by atoms with Crippen molar-refractivity contribution in [1.29, 1.82) is 0 Å². The number of aromatic nitrogens is 1. The van der Waals surface area contributed by atoms with Gasteiger partial charge in [-0.1, -0.05) is 97.1 Å². The second-order valence-corrected chi connectivity index (χ2v) is 6.76. The van der Waals surface area contributed by atoms with Crippen molar-refractivity contribution in [2.75, 3.05) is 0 Å². The molecule has 2 heteroatoms. The molecule has 1 heterocycles. The van der Waals surface area contributed by atoms with E-state index < -0.39 is 0 Å². The number of rotatable bonds is 1. The Morgan fingerprint density at radius 2 is 0.769 bits per heavy atom. The van der Waals surface area contributed by atoms with E-state index in [1.165, 1.54) is 32.9 Å². The third kappa shape index (κ3) is 3.29. The molecule has 0 unspecified atom stereocenters. The van der Waals surface area contributed by atoms with Crippen LogP contribution in [0.15, 0.2) is 109 Å². The molecule has 0 aliphatic heterocycles. The minimum Gasteiger partial charge on any atom is -0.276 e. The first-order valence-electron chi connectivity index (χ1n) is 8.59. The highest BCUT2D eigenvalue weighted by atomic mass is 79.9. The van der Waals surface area contributed by atoms with E-state index in [-0.39, 0.29) is 0 Å². The molecule has 0 aliphatic carbocycles. The minimum absolute atomic E-state index is 1.22. The van der Waals surface area contributed by atoms with Gasteiger partial charge in [-0.3, -0.25) is 3.59 Å². The van der Waals surface area contributed by atoms with Gasteiger partial charge in [0, 0.05) is 10.8 Å². The maximum atomic E-state index is 3.57. The van der Waals surface area contributed by atoms with E-state index in [4.69, 9.17) is 0 Å². The molecule has 0 atom stereocenters. The molecular formula is C24H18BrN. The molecule has 0 saturated carbocycles.